The van der Waals surface area contributed by atoms with Gasteiger partial charge in [0.1, 0.15) is 11.6 Å². The molecular weight excluding hydrogens is 250 g/mol. The molecule has 0 saturated carbocycles. The van der Waals surface area contributed by atoms with Gasteiger partial charge < -0.3 is 0 Å². The Morgan fingerprint density at radius 1 is 1.39 bits per heavy atom. The summed E-state index contributed by atoms with van der Waals surface area (Å²) in [6.45, 7) is 5.94. The predicted octanol–water partition coefficient (Wildman–Crippen LogP) is 2.48. The third-order valence-corrected chi connectivity index (χ3v) is 2.78. The van der Waals surface area contributed by atoms with Crippen molar-refractivity contribution in [3.05, 3.63) is 34.7 Å². The fraction of sp³-hybridized carbons (Fsp3) is 0.333. The summed E-state index contributed by atoms with van der Waals surface area (Å²) >= 11 is 6.18. The van der Waals surface area contributed by atoms with Crippen molar-refractivity contribution in [1.82, 2.24) is 20.0 Å². The zero-order valence-electron chi connectivity index (χ0n) is 10.3. The van der Waals surface area contributed by atoms with Gasteiger partial charge in [-0.15, -0.1) is 5.10 Å². The lowest BCUT2D eigenvalue weighted by molar-refractivity contribution is 0.557. The second-order valence-electron chi connectivity index (χ2n) is 4.87. The molecule has 2 aromatic rings. The van der Waals surface area contributed by atoms with Crippen LogP contribution in [-0.2, 0) is 5.41 Å². The number of nitriles is 1. The molecule has 5 nitrogen and oxygen atoms in total. The SMILES string of the molecule is CC(C)(C)c1nn(-c2cccnn2)c(Cl)c1C#N. The van der Waals surface area contributed by atoms with Crippen LogP contribution in [0.5, 0.6) is 0 Å². The van der Waals surface area contributed by atoms with E-state index in [1.807, 2.05) is 20.8 Å². The van der Waals surface area contributed by atoms with Crippen molar-refractivity contribution < 1.29 is 0 Å². The van der Waals surface area contributed by atoms with Crippen LogP contribution < -0.4 is 0 Å². The van der Waals surface area contributed by atoms with Gasteiger partial charge in [-0.2, -0.15) is 15.5 Å². The van der Waals surface area contributed by atoms with Crippen LogP contribution in [0, 0.1) is 11.3 Å². The molecule has 2 aromatic heterocycles. The maximum absolute atomic E-state index is 9.20. The Balaban J connectivity index is 2.66. The van der Waals surface area contributed by atoms with Gasteiger partial charge in [-0.25, -0.2) is 4.68 Å². The van der Waals surface area contributed by atoms with E-state index in [1.54, 1.807) is 18.3 Å². The fourth-order valence-electron chi connectivity index (χ4n) is 1.58. The van der Waals surface area contributed by atoms with Gasteiger partial charge in [-0.05, 0) is 12.1 Å². The Hall–Kier alpha value is -1.93. The summed E-state index contributed by atoms with van der Waals surface area (Å²) in [5, 5.41) is 21.6. The number of hydrogen-bond donors (Lipinski definition) is 0. The summed E-state index contributed by atoms with van der Waals surface area (Å²) in [5.74, 6) is 0.495. The summed E-state index contributed by atoms with van der Waals surface area (Å²) in [4.78, 5) is 0. The first-order valence-electron chi connectivity index (χ1n) is 5.42. The third-order valence-electron chi connectivity index (χ3n) is 2.43. The van der Waals surface area contributed by atoms with E-state index in [2.05, 4.69) is 21.4 Å². The predicted molar refractivity (Wildman–Crippen MR) is 67.6 cm³/mol. The highest BCUT2D eigenvalue weighted by Crippen LogP contribution is 2.30. The number of aromatic nitrogens is 4. The van der Waals surface area contributed by atoms with Crippen molar-refractivity contribution in [2.75, 3.05) is 0 Å². The molecule has 92 valence electrons. The van der Waals surface area contributed by atoms with Gasteiger partial charge in [-0.1, -0.05) is 32.4 Å². The number of nitrogens with zero attached hydrogens (tertiary/aromatic N) is 5. The quantitative estimate of drug-likeness (QED) is 0.791. The van der Waals surface area contributed by atoms with Gasteiger partial charge in [0.15, 0.2) is 11.0 Å². The van der Waals surface area contributed by atoms with Crippen molar-refractivity contribution in [3.63, 3.8) is 0 Å². The molecule has 0 N–H and O–H groups in total. The molecule has 0 radical (unpaired) electrons. The molecule has 18 heavy (non-hydrogen) atoms. The third kappa shape index (κ3) is 2.07. The molecule has 0 amide bonds. The van der Waals surface area contributed by atoms with E-state index in [0.29, 0.717) is 17.1 Å². The molecule has 6 heteroatoms. The van der Waals surface area contributed by atoms with Crippen molar-refractivity contribution in [2.24, 2.45) is 0 Å². The normalized spacial score (nSPS) is 11.3. The fourth-order valence-corrected chi connectivity index (χ4v) is 1.84. The molecule has 2 heterocycles. The molecule has 0 unspecified atom stereocenters. The molecule has 0 bridgehead atoms. The standard InChI is InChI=1S/C12H12ClN5/c1-12(2,3)10-8(7-14)11(13)18(17-10)9-5-4-6-15-16-9/h4-6H,1-3H3. The van der Waals surface area contributed by atoms with Crippen LogP contribution in [0.2, 0.25) is 5.15 Å². The monoisotopic (exact) mass is 261 g/mol. The van der Waals surface area contributed by atoms with Crippen molar-refractivity contribution in [3.8, 4) is 11.9 Å². The van der Waals surface area contributed by atoms with Crippen molar-refractivity contribution in [2.45, 2.75) is 26.2 Å². The molecule has 0 spiro atoms. The highest BCUT2D eigenvalue weighted by atomic mass is 35.5. The minimum Gasteiger partial charge on any atom is -0.200 e. The minimum atomic E-state index is -0.262. The van der Waals surface area contributed by atoms with E-state index < -0.39 is 0 Å². The lowest BCUT2D eigenvalue weighted by Crippen LogP contribution is -2.14. The van der Waals surface area contributed by atoms with Crippen LogP contribution in [0.15, 0.2) is 18.3 Å². The smallest absolute Gasteiger partial charge is 0.177 e. The zero-order chi connectivity index (χ0) is 13.3. The maximum atomic E-state index is 9.20. The number of halogens is 1. The Bertz CT molecular complexity index is 604. The van der Waals surface area contributed by atoms with Crippen LogP contribution in [0.3, 0.4) is 0 Å². The second kappa shape index (κ2) is 4.39. The van der Waals surface area contributed by atoms with Gasteiger partial charge in [0.05, 0.1) is 5.69 Å². The lowest BCUT2D eigenvalue weighted by Gasteiger charge is -2.14. The van der Waals surface area contributed by atoms with E-state index >= 15 is 0 Å². The minimum absolute atomic E-state index is 0.262. The summed E-state index contributed by atoms with van der Waals surface area (Å²) in [6.07, 6.45) is 1.57. The number of rotatable bonds is 1. The van der Waals surface area contributed by atoms with Gasteiger partial charge in [-0.3, -0.25) is 0 Å². The van der Waals surface area contributed by atoms with Gasteiger partial charge in [0, 0.05) is 11.6 Å². The highest BCUT2D eigenvalue weighted by Gasteiger charge is 2.26. The molecule has 0 aliphatic carbocycles. The Kier molecular flexibility index (Phi) is 3.05. The van der Waals surface area contributed by atoms with Gasteiger partial charge in [0.2, 0.25) is 0 Å². The summed E-state index contributed by atoms with van der Waals surface area (Å²) in [6, 6.07) is 5.57. The molecule has 0 atom stereocenters. The average Bonchev–Trinajstić information content (AvgIpc) is 2.67. The summed E-state index contributed by atoms with van der Waals surface area (Å²) < 4.78 is 1.44. The van der Waals surface area contributed by atoms with E-state index in [1.165, 1.54) is 4.68 Å². The molecule has 0 fully saturated rings. The van der Waals surface area contributed by atoms with E-state index in [9.17, 15) is 5.26 Å². The first-order valence-corrected chi connectivity index (χ1v) is 5.80. The molecule has 2 rings (SSSR count). The molecule has 0 aromatic carbocycles. The molecule has 0 aliphatic rings. The summed E-state index contributed by atoms with van der Waals surface area (Å²) in [7, 11) is 0. The first-order chi connectivity index (χ1) is 8.45. The van der Waals surface area contributed by atoms with E-state index in [4.69, 9.17) is 11.6 Å². The number of hydrogen-bond acceptors (Lipinski definition) is 4. The van der Waals surface area contributed by atoms with Gasteiger partial charge in [0.25, 0.3) is 0 Å². The Morgan fingerprint density at radius 3 is 2.56 bits per heavy atom. The topological polar surface area (TPSA) is 67.4 Å². The molecular formula is C12H12ClN5. The maximum Gasteiger partial charge on any atom is 0.177 e. The van der Waals surface area contributed by atoms with Crippen LogP contribution in [0.4, 0.5) is 0 Å². The van der Waals surface area contributed by atoms with Crippen molar-refractivity contribution in [1.29, 1.82) is 5.26 Å². The van der Waals surface area contributed by atoms with Gasteiger partial charge >= 0.3 is 0 Å². The van der Waals surface area contributed by atoms with E-state index in [-0.39, 0.29) is 10.6 Å². The lowest BCUT2D eigenvalue weighted by atomic mass is 9.90. The first kappa shape index (κ1) is 12.5. The molecule has 0 saturated heterocycles. The Morgan fingerprint density at radius 2 is 2.11 bits per heavy atom. The molecule has 0 aliphatic heterocycles. The average molecular weight is 262 g/mol. The van der Waals surface area contributed by atoms with Crippen molar-refractivity contribution >= 4 is 11.6 Å². The highest BCUT2D eigenvalue weighted by molar-refractivity contribution is 6.31. The Labute approximate surface area is 110 Å². The van der Waals surface area contributed by atoms with Crippen LogP contribution in [0.25, 0.3) is 5.82 Å². The van der Waals surface area contributed by atoms with Crippen LogP contribution in [-0.4, -0.2) is 20.0 Å². The van der Waals surface area contributed by atoms with E-state index in [0.717, 1.165) is 0 Å². The zero-order valence-corrected chi connectivity index (χ0v) is 11.1. The summed E-state index contributed by atoms with van der Waals surface area (Å²) in [5.41, 5.74) is 0.776. The largest absolute Gasteiger partial charge is 0.200 e. The van der Waals surface area contributed by atoms with Crippen LogP contribution >= 0.6 is 11.6 Å². The van der Waals surface area contributed by atoms with Crippen LogP contribution in [0.1, 0.15) is 32.0 Å². The second-order valence-corrected chi connectivity index (χ2v) is 5.23.